The second-order valence-electron chi connectivity index (χ2n) is 7.03. The highest BCUT2D eigenvalue weighted by atomic mass is 16.1. The van der Waals surface area contributed by atoms with E-state index in [9.17, 15) is 4.79 Å². The van der Waals surface area contributed by atoms with Crippen LogP contribution in [0.2, 0.25) is 0 Å². The van der Waals surface area contributed by atoms with E-state index in [4.69, 9.17) is 0 Å². The first kappa shape index (κ1) is 13.4. The molecular weight excluding hydrogens is 198 g/mol. The minimum Gasteiger partial charge on any atom is -0.211 e. The maximum Gasteiger partial charge on any atom is 0.235 e. The summed E-state index contributed by atoms with van der Waals surface area (Å²) in [6, 6.07) is 0.185. The van der Waals surface area contributed by atoms with Gasteiger partial charge >= 0.3 is 0 Å². The van der Waals surface area contributed by atoms with Crippen molar-refractivity contribution in [3.8, 4) is 0 Å². The Kier molecular flexibility index (Phi) is 3.96. The zero-order valence-electron chi connectivity index (χ0n) is 11.3. The highest BCUT2D eigenvalue weighted by Gasteiger charge is 2.41. The molecule has 0 amide bonds. The molecule has 2 heteroatoms. The second-order valence-corrected chi connectivity index (χ2v) is 7.03. The minimum atomic E-state index is 0.185. The average Bonchev–Trinajstić information content (AvgIpc) is 1.96. The summed E-state index contributed by atoms with van der Waals surface area (Å²) in [6.45, 7) is 11.5. The van der Waals surface area contributed by atoms with Crippen molar-refractivity contribution in [1.82, 2.24) is 0 Å². The summed E-state index contributed by atoms with van der Waals surface area (Å²) in [4.78, 5) is 14.4. The van der Waals surface area contributed by atoms with E-state index in [1.165, 1.54) is 12.8 Å². The van der Waals surface area contributed by atoms with Crippen LogP contribution in [0.3, 0.4) is 0 Å². The van der Waals surface area contributed by atoms with Crippen molar-refractivity contribution in [2.45, 2.75) is 66.3 Å². The van der Waals surface area contributed by atoms with Gasteiger partial charge in [-0.3, -0.25) is 0 Å². The van der Waals surface area contributed by atoms with E-state index in [0.29, 0.717) is 16.7 Å². The molecule has 0 aromatic heterocycles. The fraction of sp³-hybridized carbons (Fsp3) is 0.929. The third-order valence-electron chi connectivity index (χ3n) is 3.56. The van der Waals surface area contributed by atoms with Gasteiger partial charge in [0, 0.05) is 0 Å². The van der Waals surface area contributed by atoms with E-state index in [1.54, 1.807) is 6.08 Å². The van der Waals surface area contributed by atoms with Gasteiger partial charge in [-0.1, -0.05) is 34.6 Å². The Morgan fingerprint density at radius 3 is 2.44 bits per heavy atom. The number of carbonyl (C=O) groups excluding carboxylic acids is 1. The minimum absolute atomic E-state index is 0.185. The van der Waals surface area contributed by atoms with Gasteiger partial charge in [-0.05, 0) is 42.4 Å². The smallest absolute Gasteiger partial charge is 0.211 e. The summed E-state index contributed by atoms with van der Waals surface area (Å²) >= 11 is 0. The molecule has 16 heavy (non-hydrogen) atoms. The van der Waals surface area contributed by atoms with E-state index in [1.807, 2.05) is 0 Å². The predicted octanol–water partition coefficient (Wildman–Crippen LogP) is 3.95. The first-order valence-corrected chi connectivity index (χ1v) is 6.33. The van der Waals surface area contributed by atoms with E-state index < -0.39 is 0 Å². The average molecular weight is 223 g/mol. The molecule has 2 unspecified atom stereocenters. The highest BCUT2D eigenvalue weighted by molar-refractivity contribution is 5.33. The molecule has 0 bridgehead atoms. The van der Waals surface area contributed by atoms with Crippen molar-refractivity contribution in [1.29, 1.82) is 0 Å². The summed E-state index contributed by atoms with van der Waals surface area (Å²) in [5, 5.41) is 0. The number of hydrogen-bond acceptors (Lipinski definition) is 2. The quantitative estimate of drug-likeness (QED) is 0.526. The summed E-state index contributed by atoms with van der Waals surface area (Å²) in [5.41, 5.74) is 0.633. The van der Waals surface area contributed by atoms with E-state index >= 15 is 0 Å². The first-order valence-electron chi connectivity index (χ1n) is 6.33. The van der Waals surface area contributed by atoms with Crippen LogP contribution in [0.15, 0.2) is 4.99 Å². The second kappa shape index (κ2) is 4.71. The lowest BCUT2D eigenvalue weighted by atomic mass is 9.60. The van der Waals surface area contributed by atoms with Gasteiger partial charge in [0.2, 0.25) is 6.08 Å². The number of hydrogen-bond donors (Lipinski definition) is 0. The molecule has 1 aliphatic carbocycles. The van der Waals surface area contributed by atoms with Crippen molar-refractivity contribution < 1.29 is 4.79 Å². The fourth-order valence-electron chi connectivity index (χ4n) is 3.89. The lowest BCUT2D eigenvalue weighted by Crippen LogP contribution is -2.38. The van der Waals surface area contributed by atoms with Crippen molar-refractivity contribution in [3.63, 3.8) is 0 Å². The number of nitrogens with zero attached hydrogens (tertiary/aromatic N) is 1. The van der Waals surface area contributed by atoms with Gasteiger partial charge in [-0.2, -0.15) is 0 Å². The molecule has 2 nitrogen and oxygen atoms in total. The van der Waals surface area contributed by atoms with Gasteiger partial charge < -0.3 is 0 Å². The van der Waals surface area contributed by atoms with Crippen molar-refractivity contribution in [2.24, 2.45) is 21.7 Å². The predicted molar refractivity (Wildman–Crippen MR) is 67.1 cm³/mol. The summed E-state index contributed by atoms with van der Waals surface area (Å²) in [7, 11) is 0. The topological polar surface area (TPSA) is 29.4 Å². The van der Waals surface area contributed by atoms with Gasteiger partial charge in [0.15, 0.2) is 0 Å². The Hall–Kier alpha value is -0.620. The molecule has 1 rings (SSSR count). The first-order chi connectivity index (χ1) is 7.26. The molecule has 0 saturated heterocycles. The molecule has 0 spiro atoms. The lowest BCUT2D eigenvalue weighted by Gasteiger charge is -2.46. The van der Waals surface area contributed by atoms with Gasteiger partial charge in [-0.15, -0.1) is 0 Å². The molecule has 0 aromatic carbocycles. The molecule has 0 radical (unpaired) electrons. The molecule has 2 atom stereocenters. The zero-order chi connectivity index (χ0) is 12.4. The molecule has 0 N–H and O–H groups in total. The molecule has 92 valence electrons. The van der Waals surface area contributed by atoms with Gasteiger partial charge in [0.05, 0.1) is 6.04 Å². The molecule has 1 saturated carbocycles. The molecule has 0 heterocycles. The highest BCUT2D eigenvalue weighted by Crippen LogP contribution is 2.49. The molecular formula is C14H25NO. The Balaban J connectivity index is 2.82. The third kappa shape index (κ3) is 3.75. The summed E-state index contributed by atoms with van der Waals surface area (Å²) in [6.07, 6.45) is 6.27. The Labute approximate surface area is 99.5 Å². The largest absolute Gasteiger partial charge is 0.235 e. The van der Waals surface area contributed by atoms with Crippen LogP contribution in [0.25, 0.3) is 0 Å². The maximum absolute atomic E-state index is 10.4. The van der Waals surface area contributed by atoms with Crippen LogP contribution in [-0.4, -0.2) is 12.1 Å². The summed E-state index contributed by atoms with van der Waals surface area (Å²) in [5.74, 6) is 0.708. The SMILES string of the molecule is CC(C)CC1(C)CC(N=C=O)CC(C)(C)C1. The van der Waals surface area contributed by atoms with Gasteiger partial charge in [0.25, 0.3) is 0 Å². The van der Waals surface area contributed by atoms with Gasteiger partial charge in [-0.25, -0.2) is 9.79 Å². The Morgan fingerprint density at radius 2 is 1.94 bits per heavy atom. The number of aliphatic imine (C=N–C) groups is 1. The normalized spacial score (nSPS) is 33.5. The molecule has 0 aliphatic heterocycles. The van der Waals surface area contributed by atoms with E-state index in [0.717, 1.165) is 12.8 Å². The zero-order valence-corrected chi connectivity index (χ0v) is 11.3. The van der Waals surface area contributed by atoms with Crippen molar-refractivity contribution in [2.75, 3.05) is 0 Å². The lowest BCUT2D eigenvalue weighted by molar-refractivity contribution is 0.0659. The maximum atomic E-state index is 10.4. The van der Waals surface area contributed by atoms with Crippen LogP contribution in [-0.2, 0) is 4.79 Å². The van der Waals surface area contributed by atoms with Crippen LogP contribution in [0.1, 0.15) is 60.3 Å². The summed E-state index contributed by atoms with van der Waals surface area (Å²) < 4.78 is 0. The molecule has 1 fully saturated rings. The molecule has 0 aromatic rings. The molecule has 1 aliphatic rings. The van der Waals surface area contributed by atoms with E-state index in [2.05, 4.69) is 39.6 Å². The van der Waals surface area contributed by atoms with Crippen LogP contribution in [0, 0.1) is 16.7 Å². The van der Waals surface area contributed by atoms with Crippen molar-refractivity contribution >= 4 is 6.08 Å². The van der Waals surface area contributed by atoms with Crippen LogP contribution >= 0.6 is 0 Å². The van der Waals surface area contributed by atoms with Crippen LogP contribution in [0.5, 0.6) is 0 Å². The van der Waals surface area contributed by atoms with Crippen LogP contribution in [0.4, 0.5) is 0 Å². The Bertz CT molecular complexity index is 289. The van der Waals surface area contributed by atoms with Crippen molar-refractivity contribution in [3.05, 3.63) is 0 Å². The standard InChI is InChI=1S/C14H25NO/c1-11(2)6-14(5)8-12(15-10-16)7-13(3,4)9-14/h11-12H,6-9H2,1-5H3. The fourth-order valence-corrected chi connectivity index (χ4v) is 3.89. The number of isocyanates is 1. The van der Waals surface area contributed by atoms with Crippen LogP contribution < -0.4 is 0 Å². The third-order valence-corrected chi connectivity index (χ3v) is 3.56. The van der Waals surface area contributed by atoms with E-state index in [-0.39, 0.29) is 6.04 Å². The monoisotopic (exact) mass is 223 g/mol. The number of rotatable bonds is 3. The van der Waals surface area contributed by atoms with Gasteiger partial charge in [0.1, 0.15) is 0 Å². The Morgan fingerprint density at radius 1 is 1.31 bits per heavy atom.